The average Bonchev–Trinajstić information content (AvgIpc) is 2.99. The van der Waals surface area contributed by atoms with Gasteiger partial charge in [-0.3, -0.25) is 10.1 Å². The van der Waals surface area contributed by atoms with Gasteiger partial charge in [-0.15, -0.1) is 11.3 Å². The molecule has 22 heavy (non-hydrogen) atoms. The third kappa shape index (κ3) is 3.60. The lowest BCUT2D eigenvalue weighted by Gasteiger charge is -2.20. The van der Waals surface area contributed by atoms with Crippen LogP contribution in [0.5, 0.6) is 0 Å². The van der Waals surface area contributed by atoms with Gasteiger partial charge in [0.25, 0.3) is 5.91 Å². The van der Waals surface area contributed by atoms with Crippen molar-refractivity contribution in [3.05, 3.63) is 44.9 Å². The van der Waals surface area contributed by atoms with Crippen LogP contribution in [0.2, 0.25) is 10.0 Å². The quantitative estimate of drug-likeness (QED) is 0.868. The summed E-state index contributed by atoms with van der Waals surface area (Å²) in [6.45, 7) is 2.07. The van der Waals surface area contributed by atoms with Crippen LogP contribution in [0.4, 0.5) is 5.13 Å². The minimum Gasteiger partial charge on any atom is -0.317 e. The van der Waals surface area contributed by atoms with Crippen LogP contribution in [0, 0.1) is 0 Å². The first-order valence-electron chi connectivity index (χ1n) is 7.06. The summed E-state index contributed by atoms with van der Waals surface area (Å²) in [5, 5.41) is 7.57. The number of rotatable bonds is 3. The second kappa shape index (κ2) is 6.96. The molecular weight excluding hydrogens is 341 g/mol. The highest BCUT2D eigenvalue weighted by Gasteiger charge is 2.18. The van der Waals surface area contributed by atoms with E-state index in [0.717, 1.165) is 25.9 Å². The smallest absolute Gasteiger partial charge is 0.257 e. The summed E-state index contributed by atoms with van der Waals surface area (Å²) in [7, 11) is 0. The van der Waals surface area contributed by atoms with Gasteiger partial charge in [0.15, 0.2) is 5.13 Å². The molecule has 0 radical (unpaired) electrons. The molecule has 1 aromatic carbocycles. The summed E-state index contributed by atoms with van der Waals surface area (Å²) in [5.41, 5.74) is 0.466. The van der Waals surface area contributed by atoms with Crippen molar-refractivity contribution in [1.82, 2.24) is 10.3 Å². The molecule has 1 aliphatic heterocycles. The summed E-state index contributed by atoms with van der Waals surface area (Å²) in [6, 6.07) is 4.81. The first-order valence-corrected chi connectivity index (χ1v) is 8.63. The van der Waals surface area contributed by atoms with Gasteiger partial charge in [0.1, 0.15) is 0 Å². The SMILES string of the molecule is O=C(Nc1ncc(C2CCNCC2)s1)c1ccc(Cl)c(Cl)c1. The Hall–Kier alpha value is -1.14. The fourth-order valence-corrected chi connectivity index (χ4v) is 3.72. The van der Waals surface area contributed by atoms with Gasteiger partial charge in [0.05, 0.1) is 10.0 Å². The maximum Gasteiger partial charge on any atom is 0.257 e. The van der Waals surface area contributed by atoms with Crippen LogP contribution in [0.15, 0.2) is 24.4 Å². The van der Waals surface area contributed by atoms with Crippen LogP contribution in [0.1, 0.15) is 34.0 Å². The number of hydrogen-bond donors (Lipinski definition) is 2. The lowest BCUT2D eigenvalue weighted by atomic mass is 9.97. The van der Waals surface area contributed by atoms with E-state index in [1.54, 1.807) is 18.2 Å². The molecule has 0 bridgehead atoms. The number of aromatic nitrogens is 1. The van der Waals surface area contributed by atoms with E-state index < -0.39 is 0 Å². The van der Waals surface area contributed by atoms with E-state index in [9.17, 15) is 4.79 Å². The van der Waals surface area contributed by atoms with Gasteiger partial charge in [0.2, 0.25) is 0 Å². The Morgan fingerprint density at radius 1 is 1.27 bits per heavy atom. The molecule has 2 N–H and O–H groups in total. The topological polar surface area (TPSA) is 54.0 Å². The predicted octanol–water partition coefficient (Wildman–Crippen LogP) is 4.17. The maximum atomic E-state index is 12.2. The van der Waals surface area contributed by atoms with Gasteiger partial charge in [-0.05, 0) is 50.0 Å². The Kier molecular flexibility index (Phi) is 4.98. The summed E-state index contributed by atoms with van der Waals surface area (Å²) >= 11 is 13.3. The van der Waals surface area contributed by atoms with Crippen molar-refractivity contribution < 1.29 is 4.79 Å². The molecule has 0 saturated carbocycles. The minimum atomic E-state index is -0.232. The summed E-state index contributed by atoms with van der Waals surface area (Å²) in [6.07, 6.45) is 4.09. The Balaban J connectivity index is 1.68. The van der Waals surface area contributed by atoms with Gasteiger partial charge in [-0.2, -0.15) is 0 Å². The van der Waals surface area contributed by atoms with Crippen molar-refractivity contribution in [2.24, 2.45) is 0 Å². The largest absolute Gasteiger partial charge is 0.317 e. The van der Waals surface area contributed by atoms with Crippen LogP contribution in [-0.2, 0) is 0 Å². The standard InChI is InChI=1S/C15H15Cl2N3OS/c16-11-2-1-10(7-12(11)17)14(21)20-15-19-8-13(22-15)9-3-5-18-6-4-9/h1-2,7-9,18H,3-6H2,(H,19,20,21). The number of anilines is 1. The zero-order valence-electron chi connectivity index (χ0n) is 11.7. The normalized spacial score (nSPS) is 15.7. The Bertz CT molecular complexity index is 683. The molecule has 1 aromatic heterocycles. The molecule has 1 saturated heterocycles. The average molecular weight is 356 g/mol. The second-order valence-corrected chi connectivity index (χ2v) is 7.05. The number of halogens is 2. The molecule has 0 aliphatic carbocycles. The van der Waals surface area contributed by atoms with Gasteiger partial charge in [-0.1, -0.05) is 23.2 Å². The minimum absolute atomic E-state index is 0.232. The van der Waals surface area contributed by atoms with E-state index in [4.69, 9.17) is 23.2 Å². The lowest BCUT2D eigenvalue weighted by Crippen LogP contribution is -2.26. The van der Waals surface area contributed by atoms with Gasteiger partial charge < -0.3 is 5.32 Å². The summed E-state index contributed by atoms with van der Waals surface area (Å²) < 4.78 is 0. The van der Waals surface area contributed by atoms with Crippen molar-refractivity contribution in [2.45, 2.75) is 18.8 Å². The van der Waals surface area contributed by atoms with Crippen molar-refractivity contribution in [3.63, 3.8) is 0 Å². The molecule has 0 spiro atoms. The molecule has 2 aromatic rings. The van der Waals surface area contributed by atoms with E-state index in [-0.39, 0.29) is 5.91 Å². The van der Waals surface area contributed by atoms with Gasteiger partial charge in [-0.25, -0.2) is 4.98 Å². The molecule has 1 aliphatic rings. The maximum absolute atomic E-state index is 12.2. The number of nitrogens with zero attached hydrogens (tertiary/aromatic N) is 1. The monoisotopic (exact) mass is 355 g/mol. The first kappa shape index (κ1) is 15.7. The highest BCUT2D eigenvalue weighted by molar-refractivity contribution is 7.15. The second-order valence-electron chi connectivity index (χ2n) is 5.18. The number of benzene rings is 1. The van der Waals surface area contributed by atoms with Crippen molar-refractivity contribution >= 4 is 45.6 Å². The van der Waals surface area contributed by atoms with Crippen LogP contribution in [-0.4, -0.2) is 24.0 Å². The highest BCUT2D eigenvalue weighted by atomic mass is 35.5. The Labute approximate surface area is 142 Å². The molecule has 0 atom stereocenters. The molecular formula is C15H15Cl2N3OS. The number of carbonyl (C=O) groups excluding carboxylic acids is 1. The van der Waals surface area contributed by atoms with Crippen molar-refractivity contribution in [2.75, 3.05) is 18.4 Å². The molecule has 2 heterocycles. The summed E-state index contributed by atoms with van der Waals surface area (Å²) in [4.78, 5) is 17.7. The molecule has 4 nitrogen and oxygen atoms in total. The van der Waals surface area contributed by atoms with Crippen LogP contribution in [0.25, 0.3) is 0 Å². The highest BCUT2D eigenvalue weighted by Crippen LogP contribution is 2.32. The van der Waals surface area contributed by atoms with E-state index in [1.807, 2.05) is 6.20 Å². The Morgan fingerprint density at radius 3 is 2.77 bits per heavy atom. The van der Waals surface area contributed by atoms with Gasteiger partial charge >= 0.3 is 0 Å². The molecule has 7 heteroatoms. The van der Waals surface area contributed by atoms with E-state index in [1.165, 1.54) is 16.2 Å². The lowest BCUT2D eigenvalue weighted by molar-refractivity contribution is 0.102. The molecule has 1 fully saturated rings. The Morgan fingerprint density at radius 2 is 2.05 bits per heavy atom. The molecule has 1 amide bonds. The van der Waals surface area contributed by atoms with Gasteiger partial charge in [0, 0.05) is 16.6 Å². The molecule has 116 valence electrons. The first-order chi connectivity index (χ1) is 10.6. The third-order valence-corrected chi connectivity index (χ3v) is 5.48. The van der Waals surface area contributed by atoms with E-state index in [2.05, 4.69) is 15.6 Å². The third-order valence-electron chi connectivity index (χ3n) is 3.67. The zero-order chi connectivity index (χ0) is 15.5. The zero-order valence-corrected chi connectivity index (χ0v) is 14.1. The number of thiazole rings is 1. The van der Waals surface area contributed by atoms with Crippen LogP contribution in [0.3, 0.4) is 0 Å². The molecule has 0 unspecified atom stereocenters. The van der Waals surface area contributed by atoms with Crippen LogP contribution < -0.4 is 10.6 Å². The fourth-order valence-electron chi connectivity index (χ4n) is 2.45. The number of piperidine rings is 1. The van der Waals surface area contributed by atoms with E-state index >= 15 is 0 Å². The van der Waals surface area contributed by atoms with Crippen molar-refractivity contribution in [1.29, 1.82) is 0 Å². The number of hydrogen-bond acceptors (Lipinski definition) is 4. The number of amides is 1. The summed E-state index contributed by atoms with van der Waals surface area (Å²) in [5.74, 6) is 0.305. The predicted molar refractivity (Wildman–Crippen MR) is 91.4 cm³/mol. The van der Waals surface area contributed by atoms with E-state index in [0.29, 0.717) is 26.7 Å². The molecule has 3 rings (SSSR count). The fraction of sp³-hybridized carbons (Fsp3) is 0.333. The van der Waals surface area contributed by atoms with Crippen molar-refractivity contribution in [3.8, 4) is 0 Å². The number of carbonyl (C=O) groups is 1. The number of nitrogens with one attached hydrogen (secondary N) is 2. The van der Waals surface area contributed by atoms with Crippen LogP contribution >= 0.6 is 34.5 Å².